The number of carbonyl (C=O) groups is 1. The Balaban J connectivity index is 1.47. The molecule has 0 amide bonds. The SMILES string of the molecule is O=C(O)C1CCC(c2nc(-c3cccc(OCc4ccccc4)c3)c3c(Cl)nccn23)CC1. The molecule has 0 radical (unpaired) electrons. The van der Waals surface area contributed by atoms with Gasteiger partial charge < -0.3 is 9.84 Å². The molecule has 6 nitrogen and oxygen atoms in total. The highest BCUT2D eigenvalue weighted by atomic mass is 35.5. The topological polar surface area (TPSA) is 76.7 Å². The first-order valence-corrected chi connectivity index (χ1v) is 11.5. The van der Waals surface area contributed by atoms with E-state index in [0.717, 1.165) is 46.8 Å². The lowest BCUT2D eigenvalue weighted by Crippen LogP contribution is -2.21. The Labute approximate surface area is 196 Å². The standard InChI is InChI=1S/C26H24ClN3O3/c27-24-23-22(20-7-4-8-21(15-20)33-16-17-5-2-1-3-6-17)29-25(30(23)14-13-28-24)18-9-11-19(12-10-18)26(31)32/h1-8,13-15,18-19H,9-12,16H2,(H,31,32). The molecule has 0 aliphatic heterocycles. The number of benzene rings is 2. The zero-order valence-electron chi connectivity index (χ0n) is 18.0. The highest BCUT2D eigenvalue weighted by Crippen LogP contribution is 2.39. The van der Waals surface area contributed by atoms with Crippen molar-refractivity contribution in [1.29, 1.82) is 0 Å². The number of fused-ring (bicyclic) bond motifs is 1. The lowest BCUT2D eigenvalue weighted by Gasteiger charge is -2.25. The normalized spacial score (nSPS) is 18.3. The van der Waals surface area contributed by atoms with Crippen molar-refractivity contribution in [3.05, 3.63) is 83.5 Å². The molecule has 4 aromatic rings. The molecule has 2 aromatic heterocycles. The van der Waals surface area contributed by atoms with Gasteiger partial charge in [0.05, 0.1) is 11.6 Å². The Morgan fingerprint density at radius 2 is 1.88 bits per heavy atom. The minimum Gasteiger partial charge on any atom is -0.489 e. The van der Waals surface area contributed by atoms with Gasteiger partial charge in [-0.25, -0.2) is 9.97 Å². The number of aromatic nitrogens is 3. The summed E-state index contributed by atoms with van der Waals surface area (Å²) in [7, 11) is 0. The summed E-state index contributed by atoms with van der Waals surface area (Å²) in [6.07, 6.45) is 6.45. The van der Waals surface area contributed by atoms with Gasteiger partial charge in [0.25, 0.3) is 0 Å². The average Bonchev–Trinajstić information content (AvgIpc) is 3.25. The van der Waals surface area contributed by atoms with E-state index >= 15 is 0 Å². The number of hydrogen-bond donors (Lipinski definition) is 1. The minimum absolute atomic E-state index is 0.179. The van der Waals surface area contributed by atoms with Crippen LogP contribution < -0.4 is 4.74 Å². The van der Waals surface area contributed by atoms with Gasteiger partial charge in [-0.3, -0.25) is 9.20 Å². The largest absolute Gasteiger partial charge is 0.489 e. The molecule has 0 saturated heterocycles. The van der Waals surface area contributed by atoms with Gasteiger partial charge in [0.15, 0.2) is 5.15 Å². The number of carboxylic acid groups (broad SMARTS) is 1. The third-order valence-corrected chi connectivity index (χ3v) is 6.61. The van der Waals surface area contributed by atoms with Gasteiger partial charge in [-0.2, -0.15) is 0 Å². The molecule has 1 N–H and O–H groups in total. The van der Waals surface area contributed by atoms with Gasteiger partial charge in [0.1, 0.15) is 23.7 Å². The molecule has 1 saturated carbocycles. The zero-order valence-corrected chi connectivity index (χ0v) is 18.8. The Morgan fingerprint density at radius 1 is 1.09 bits per heavy atom. The van der Waals surface area contributed by atoms with Crippen LogP contribution in [0.2, 0.25) is 5.15 Å². The van der Waals surface area contributed by atoms with Crippen LogP contribution in [0.15, 0.2) is 67.0 Å². The van der Waals surface area contributed by atoms with E-state index in [2.05, 4.69) is 4.98 Å². The molecular weight excluding hydrogens is 438 g/mol. The van der Waals surface area contributed by atoms with Gasteiger partial charge in [-0.15, -0.1) is 0 Å². The van der Waals surface area contributed by atoms with Gasteiger partial charge in [0.2, 0.25) is 0 Å². The summed E-state index contributed by atoms with van der Waals surface area (Å²) in [5.74, 6) is 0.861. The molecule has 1 aliphatic carbocycles. The maximum Gasteiger partial charge on any atom is 0.306 e. The van der Waals surface area contributed by atoms with Crippen LogP contribution >= 0.6 is 11.6 Å². The highest BCUT2D eigenvalue weighted by molar-refractivity contribution is 6.33. The predicted molar refractivity (Wildman–Crippen MR) is 127 cm³/mol. The number of halogens is 1. The van der Waals surface area contributed by atoms with Crippen molar-refractivity contribution in [2.75, 3.05) is 0 Å². The maximum absolute atomic E-state index is 11.4. The van der Waals surface area contributed by atoms with Crippen molar-refractivity contribution < 1.29 is 14.6 Å². The van der Waals surface area contributed by atoms with Gasteiger partial charge in [-0.1, -0.05) is 54.1 Å². The van der Waals surface area contributed by atoms with Crippen LogP contribution in [-0.4, -0.2) is 25.4 Å². The molecule has 1 fully saturated rings. The van der Waals surface area contributed by atoms with E-state index in [4.69, 9.17) is 21.3 Å². The molecule has 7 heteroatoms. The summed E-state index contributed by atoms with van der Waals surface area (Å²) >= 11 is 6.53. The van der Waals surface area contributed by atoms with Crippen molar-refractivity contribution in [2.45, 2.75) is 38.2 Å². The fraction of sp³-hybridized carbons (Fsp3) is 0.269. The van der Waals surface area contributed by atoms with Crippen molar-refractivity contribution in [3.63, 3.8) is 0 Å². The van der Waals surface area contributed by atoms with E-state index in [-0.39, 0.29) is 11.8 Å². The van der Waals surface area contributed by atoms with E-state index < -0.39 is 5.97 Å². The van der Waals surface area contributed by atoms with Crippen LogP contribution in [0.5, 0.6) is 5.75 Å². The molecule has 33 heavy (non-hydrogen) atoms. The summed E-state index contributed by atoms with van der Waals surface area (Å²) in [4.78, 5) is 20.7. The Hall–Kier alpha value is -3.38. The lowest BCUT2D eigenvalue weighted by atomic mass is 9.81. The Kier molecular flexibility index (Phi) is 6.01. The van der Waals surface area contributed by atoms with Gasteiger partial charge in [-0.05, 0) is 43.4 Å². The van der Waals surface area contributed by atoms with Crippen molar-refractivity contribution >= 4 is 23.1 Å². The Bertz CT molecular complexity index is 1280. The van der Waals surface area contributed by atoms with E-state index in [0.29, 0.717) is 24.6 Å². The number of ether oxygens (including phenoxy) is 1. The number of carboxylic acids is 1. The maximum atomic E-state index is 11.4. The van der Waals surface area contributed by atoms with Crippen LogP contribution in [0.25, 0.3) is 16.8 Å². The van der Waals surface area contributed by atoms with Crippen LogP contribution in [0, 0.1) is 5.92 Å². The van der Waals surface area contributed by atoms with Crippen LogP contribution in [0.1, 0.15) is 43.0 Å². The van der Waals surface area contributed by atoms with E-state index in [1.54, 1.807) is 6.20 Å². The number of imidazole rings is 1. The van der Waals surface area contributed by atoms with Crippen LogP contribution in [0.3, 0.4) is 0 Å². The summed E-state index contributed by atoms with van der Waals surface area (Å²) < 4.78 is 8.02. The fourth-order valence-corrected chi connectivity index (χ4v) is 4.82. The van der Waals surface area contributed by atoms with Gasteiger partial charge >= 0.3 is 5.97 Å². The summed E-state index contributed by atoms with van der Waals surface area (Å²) in [5, 5.41) is 9.73. The number of aliphatic carboxylic acids is 1. The second-order valence-electron chi connectivity index (χ2n) is 8.44. The second-order valence-corrected chi connectivity index (χ2v) is 8.80. The number of nitrogens with zero attached hydrogens (tertiary/aromatic N) is 3. The second kappa shape index (κ2) is 9.24. The summed E-state index contributed by atoms with van der Waals surface area (Å²) in [6, 6.07) is 17.9. The lowest BCUT2D eigenvalue weighted by molar-refractivity contribution is -0.142. The highest BCUT2D eigenvalue weighted by Gasteiger charge is 2.30. The average molecular weight is 462 g/mol. The van der Waals surface area contributed by atoms with Crippen molar-refractivity contribution in [3.8, 4) is 17.0 Å². The fourth-order valence-electron chi connectivity index (χ4n) is 4.59. The summed E-state index contributed by atoms with van der Waals surface area (Å²) in [6.45, 7) is 0.481. The van der Waals surface area contributed by atoms with E-state index in [1.165, 1.54) is 0 Å². The third kappa shape index (κ3) is 4.44. The molecule has 2 aromatic carbocycles. The number of rotatable bonds is 6. The molecule has 0 spiro atoms. The molecular formula is C26H24ClN3O3. The smallest absolute Gasteiger partial charge is 0.306 e. The van der Waals surface area contributed by atoms with E-state index in [1.807, 2.05) is 65.2 Å². The molecule has 0 bridgehead atoms. The first-order valence-electron chi connectivity index (χ1n) is 11.1. The van der Waals surface area contributed by atoms with Crippen molar-refractivity contribution in [2.24, 2.45) is 5.92 Å². The molecule has 2 heterocycles. The van der Waals surface area contributed by atoms with Crippen LogP contribution in [-0.2, 0) is 11.4 Å². The number of hydrogen-bond acceptors (Lipinski definition) is 4. The predicted octanol–water partition coefficient (Wildman–Crippen LogP) is 5.99. The molecule has 0 atom stereocenters. The quantitative estimate of drug-likeness (QED) is 0.381. The summed E-state index contributed by atoms with van der Waals surface area (Å²) in [5.41, 5.74) is 3.52. The van der Waals surface area contributed by atoms with Crippen molar-refractivity contribution in [1.82, 2.24) is 14.4 Å². The van der Waals surface area contributed by atoms with Gasteiger partial charge in [0, 0.05) is 23.9 Å². The first kappa shape index (κ1) is 21.5. The molecule has 5 rings (SSSR count). The van der Waals surface area contributed by atoms with Crippen LogP contribution in [0.4, 0.5) is 0 Å². The molecule has 168 valence electrons. The molecule has 1 aliphatic rings. The Morgan fingerprint density at radius 3 is 2.64 bits per heavy atom. The minimum atomic E-state index is -0.707. The third-order valence-electron chi connectivity index (χ3n) is 6.33. The zero-order chi connectivity index (χ0) is 22.8. The monoisotopic (exact) mass is 461 g/mol. The van der Waals surface area contributed by atoms with E-state index in [9.17, 15) is 9.90 Å². The molecule has 0 unspecified atom stereocenters. The first-order chi connectivity index (χ1) is 16.1.